The highest BCUT2D eigenvalue weighted by Crippen LogP contribution is 2.54. The van der Waals surface area contributed by atoms with Gasteiger partial charge in [-0.05, 0) is 79.7 Å². The van der Waals surface area contributed by atoms with Gasteiger partial charge in [0.15, 0.2) is 5.78 Å². The Kier molecular flexibility index (Phi) is 6.65. The maximum atomic E-state index is 13.5. The predicted molar refractivity (Wildman–Crippen MR) is 138 cm³/mol. The van der Waals surface area contributed by atoms with Crippen LogP contribution in [0.3, 0.4) is 0 Å². The Labute approximate surface area is 206 Å². The van der Waals surface area contributed by atoms with Gasteiger partial charge in [-0.15, -0.1) is 0 Å². The number of Topliss-reactive ketones (excluding diaryl/α,β-unsaturated/α-hetero) is 1. The number of nitrogens with zero attached hydrogens (tertiary/aromatic N) is 3. The average Bonchev–Trinajstić information content (AvgIpc) is 3.33. The first-order valence-corrected chi connectivity index (χ1v) is 14.1. The molecule has 4 nitrogen and oxygen atoms in total. The lowest BCUT2D eigenvalue weighted by molar-refractivity contribution is -0.126. The zero-order valence-electron chi connectivity index (χ0n) is 19.7. The molecule has 3 aliphatic rings. The molecule has 0 spiro atoms. The second kappa shape index (κ2) is 9.34. The summed E-state index contributed by atoms with van der Waals surface area (Å²) in [6.07, 6.45) is 16.9. The molecule has 0 saturated heterocycles. The molecule has 3 aliphatic carbocycles. The Hall–Kier alpha value is -0.980. The lowest BCUT2D eigenvalue weighted by Crippen LogP contribution is -2.38. The van der Waals surface area contributed by atoms with E-state index < -0.39 is 0 Å². The Balaban J connectivity index is 1.27. The van der Waals surface area contributed by atoms with Crippen molar-refractivity contribution in [3.63, 3.8) is 0 Å². The van der Waals surface area contributed by atoms with Crippen molar-refractivity contribution in [2.45, 2.75) is 88.5 Å². The first-order valence-electron chi connectivity index (χ1n) is 12.9. The fourth-order valence-electron chi connectivity index (χ4n) is 7.53. The van der Waals surface area contributed by atoms with E-state index in [4.69, 9.17) is 0 Å². The van der Waals surface area contributed by atoms with E-state index in [1.807, 2.05) is 16.8 Å². The third kappa shape index (κ3) is 4.27. The zero-order valence-corrected chi connectivity index (χ0v) is 21.8. The molecule has 0 aromatic carbocycles. The molecular weight excluding hydrogens is 509 g/mol. The van der Waals surface area contributed by atoms with Gasteiger partial charge in [0.25, 0.3) is 0 Å². The van der Waals surface area contributed by atoms with Crippen molar-refractivity contribution in [1.29, 1.82) is 0 Å². The highest BCUT2D eigenvalue weighted by molar-refractivity contribution is 14.1. The standard InChI is InChI=1S/C27H38IN3O/c1-18-8-9-21-19(5-3-6-20(21)15-18)12-13-27(2)22(10-11-26(27)28)25(32)17-31-24-7-4-14-29-23(24)16-30-31/h4,7,14,16,18-22,26H,3,5-6,8-13,15,17H2,1-2H3. The molecular formula is C27H38IN3O. The number of pyridine rings is 1. The number of rotatable bonds is 6. The quantitative estimate of drug-likeness (QED) is 0.294. The molecule has 0 aliphatic heterocycles. The van der Waals surface area contributed by atoms with Gasteiger partial charge in [-0.2, -0.15) is 5.10 Å². The van der Waals surface area contributed by atoms with Gasteiger partial charge in [-0.25, -0.2) is 0 Å². The molecule has 5 heteroatoms. The second-order valence-electron chi connectivity index (χ2n) is 11.4. The van der Waals surface area contributed by atoms with Gasteiger partial charge in [-0.1, -0.05) is 62.1 Å². The van der Waals surface area contributed by atoms with Crippen molar-refractivity contribution in [2.75, 3.05) is 0 Å². The Morgan fingerprint density at radius 3 is 2.97 bits per heavy atom. The number of carbonyl (C=O) groups is 1. The van der Waals surface area contributed by atoms with E-state index in [2.05, 4.69) is 46.5 Å². The molecule has 5 rings (SSSR count). The van der Waals surface area contributed by atoms with Crippen LogP contribution in [0.15, 0.2) is 24.5 Å². The third-order valence-electron chi connectivity index (χ3n) is 9.44. The molecule has 3 fully saturated rings. The number of aromatic nitrogens is 3. The Morgan fingerprint density at radius 1 is 1.22 bits per heavy atom. The lowest BCUT2D eigenvalue weighted by Gasteiger charge is -2.45. The van der Waals surface area contributed by atoms with Crippen LogP contribution >= 0.6 is 22.6 Å². The number of hydrogen-bond donors (Lipinski definition) is 0. The van der Waals surface area contributed by atoms with Crippen molar-refractivity contribution in [3.05, 3.63) is 24.5 Å². The van der Waals surface area contributed by atoms with Crippen molar-refractivity contribution >= 4 is 39.4 Å². The van der Waals surface area contributed by atoms with Gasteiger partial charge >= 0.3 is 0 Å². The van der Waals surface area contributed by atoms with Crippen LogP contribution in [0, 0.1) is 35.0 Å². The van der Waals surface area contributed by atoms with E-state index in [1.54, 1.807) is 12.4 Å². The smallest absolute Gasteiger partial charge is 0.157 e. The SMILES string of the molecule is CC1CCC2C(CCC3(C)C(I)CCC3C(=O)Cn3ncc4ncccc43)CCCC2C1. The molecule has 2 heterocycles. The number of carbonyl (C=O) groups excluding carboxylic acids is 1. The van der Waals surface area contributed by atoms with E-state index in [0.29, 0.717) is 16.3 Å². The molecule has 7 unspecified atom stereocenters. The number of ketones is 1. The number of fused-ring (bicyclic) bond motifs is 2. The van der Waals surface area contributed by atoms with Crippen LogP contribution in [0.25, 0.3) is 11.0 Å². The summed E-state index contributed by atoms with van der Waals surface area (Å²) in [4.78, 5) is 17.9. The van der Waals surface area contributed by atoms with E-state index in [0.717, 1.165) is 41.1 Å². The normalized spacial score (nSPS) is 37.5. The monoisotopic (exact) mass is 547 g/mol. The van der Waals surface area contributed by atoms with Crippen molar-refractivity contribution in [1.82, 2.24) is 14.8 Å². The maximum Gasteiger partial charge on any atom is 0.157 e. The first-order chi connectivity index (χ1) is 15.5. The molecule has 2 aromatic heterocycles. The zero-order chi connectivity index (χ0) is 22.3. The first kappa shape index (κ1) is 22.8. The highest BCUT2D eigenvalue weighted by Gasteiger charge is 2.49. The van der Waals surface area contributed by atoms with Crippen molar-refractivity contribution in [3.8, 4) is 0 Å². The number of halogens is 1. The summed E-state index contributed by atoms with van der Waals surface area (Å²) in [6, 6.07) is 3.94. The third-order valence-corrected chi connectivity index (χ3v) is 11.5. The van der Waals surface area contributed by atoms with Crippen molar-refractivity contribution < 1.29 is 4.79 Å². The molecule has 3 saturated carbocycles. The summed E-state index contributed by atoms with van der Waals surface area (Å²) in [5, 5.41) is 4.48. The Bertz CT molecular complexity index is 957. The van der Waals surface area contributed by atoms with Crippen LogP contribution in [0.1, 0.15) is 78.1 Å². The molecule has 0 bridgehead atoms. The molecule has 174 valence electrons. The van der Waals surface area contributed by atoms with Gasteiger partial charge in [0.1, 0.15) is 12.1 Å². The Morgan fingerprint density at radius 2 is 2.09 bits per heavy atom. The van der Waals surface area contributed by atoms with E-state index in [-0.39, 0.29) is 11.3 Å². The molecule has 32 heavy (non-hydrogen) atoms. The fourth-order valence-corrected chi connectivity index (χ4v) is 8.64. The van der Waals surface area contributed by atoms with Crippen molar-refractivity contribution in [2.24, 2.45) is 35.0 Å². The molecule has 2 aromatic rings. The summed E-state index contributed by atoms with van der Waals surface area (Å²) >= 11 is 2.65. The van der Waals surface area contributed by atoms with Crippen LogP contribution < -0.4 is 0 Å². The van der Waals surface area contributed by atoms with Crippen LogP contribution in [-0.4, -0.2) is 24.5 Å². The minimum atomic E-state index is 0.119. The largest absolute Gasteiger partial charge is 0.297 e. The number of alkyl halides is 1. The van der Waals surface area contributed by atoms with Gasteiger partial charge in [0.2, 0.25) is 0 Å². The van der Waals surface area contributed by atoms with E-state index in [9.17, 15) is 4.79 Å². The van der Waals surface area contributed by atoms with E-state index in [1.165, 1.54) is 57.8 Å². The minimum Gasteiger partial charge on any atom is -0.297 e. The van der Waals surface area contributed by atoms with Crippen LogP contribution in [0.2, 0.25) is 0 Å². The second-order valence-corrected chi connectivity index (χ2v) is 12.9. The highest BCUT2D eigenvalue weighted by atomic mass is 127. The van der Waals surface area contributed by atoms with E-state index >= 15 is 0 Å². The fraction of sp³-hybridized carbons (Fsp3) is 0.741. The lowest BCUT2D eigenvalue weighted by atomic mass is 9.61. The molecule has 0 amide bonds. The van der Waals surface area contributed by atoms with Crippen LogP contribution in [0.5, 0.6) is 0 Å². The predicted octanol–water partition coefficient (Wildman–Crippen LogP) is 6.85. The maximum absolute atomic E-state index is 13.5. The summed E-state index contributed by atoms with van der Waals surface area (Å²) in [5.74, 6) is 4.27. The van der Waals surface area contributed by atoms with Gasteiger partial charge in [0.05, 0.1) is 11.7 Å². The van der Waals surface area contributed by atoms with Crippen LogP contribution in [-0.2, 0) is 11.3 Å². The summed E-state index contributed by atoms with van der Waals surface area (Å²) in [6.45, 7) is 5.26. The molecule has 0 radical (unpaired) electrons. The summed E-state index contributed by atoms with van der Waals surface area (Å²) < 4.78 is 2.46. The van der Waals surface area contributed by atoms with Crippen LogP contribution in [0.4, 0.5) is 0 Å². The van der Waals surface area contributed by atoms with Gasteiger partial charge in [-0.3, -0.25) is 14.5 Å². The average molecular weight is 548 g/mol. The molecule has 7 atom stereocenters. The summed E-state index contributed by atoms with van der Waals surface area (Å²) in [7, 11) is 0. The van der Waals surface area contributed by atoms with Gasteiger partial charge in [0, 0.05) is 16.0 Å². The number of hydrogen-bond acceptors (Lipinski definition) is 3. The minimum absolute atomic E-state index is 0.119. The summed E-state index contributed by atoms with van der Waals surface area (Å²) in [5.41, 5.74) is 1.95. The topological polar surface area (TPSA) is 47.8 Å². The van der Waals surface area contributed by atoms with Gasteiger partial charge < -0.3 is 0 Å². The molecule has 0 N–H and O–H groups in total.